The Morgan fingerprint density at radius 3 is 2.42 bits per heavy atom. The molecular weight excluding hydrogens is 438 g/mol. The lowest BCUT2D eigenvalue weighted by Gasteiger charge is -2.20. The average Bonchev–Trinajstić information content (AvgIpc) is 3.46. The Morgan fingerprint density at radius 2 is 1.79 bits per heavy atom. The molecule has 0 aromatic heterocycles. The SMILES string of the molecule is CC(C)(O)c1cccc(C2CC(=O)NS2(=O)=NC(=O)Nc2c3c(cc4c2CCC4)CCC3)c1. The number of fused-ring (bicyclic) bond motifs is 2. The summed E-state index contributed by atoms with van der Waals surface area (Å²) < 4.78 is 20.2. The van der Waals surface area contributed by atoms with Crippen LogP contribution in [0.15, 0.2) is 34.7 Å². The summed E-state index contributed by atoms with van der Waals surface area (Å²) in [5, 5.41) is 12.5. The summed E-state index contributed by atoms with van der Waals surface area (Å²) >= 11 is 0. The van der Waals surface area contributed by atoms with E-state index in [1.807, 2.05) is 0 Å². The molecule has 0 saturated carbocycles. The van der Waals surface area contributed by atoms with Crippen LogP contribution in [0.1, 0.15) is 71.7 Å². The third-order valence-electron chi connectivity index (χ3n) is 6.90. The van der Waals surface area contributed by atoms with Crippen LogP contribution in [0, 0.1) is 0 Å². The van der Waals surface area contributed by atoms with Crippen LogP contribution in [-0.2, 0) is 46.0 Å². The lowest BCUT2D eigenvalue weighted by atomic mass is 9.95. The van der Waals surface area contributed by atoms with Crippen molar-refractivity contribution in [1.82, 2.24) is 4.72 Å². The molecule has 8 heteroatoms. The fourth-order valence-corrected chi connectivity index (χ4v) is 7.20. The van der Waals surface area contributed by atoms with Gasteiger partial charge in [-0.3, -0.25) is 9.52 Å². The maximum Gasteiger partial charge on any atom is 0.355 e. The quantitative estimate of drug-likeness (QED) is 0.632. The predicted octanol–water partition coefficient (Wildman–Crippen LogP) is 4.07. The Bertz CT molecular complexity index is 1250. The van der Waals surface area contributed by atoms with Gasteiger partial charge in [-0.1, -0.05) is 30.3 Å². The minimum Gasteiger partial charge on any atom is -0.386 e. The summed E-state index contributed by atoms with van der Waals surface area (Å²) in [6.45, 7) is 3.33. The van der Waals surface area contributed by atoms with E-state index in [-0.39, 0.29) is 6.42 Å². The van der Waals surface area contributed by atoms with Gasteiger partial charge >= 0.3 is 6.03 Å². The average molecular weight is 468 g/mol. The van der Waals surface area contributed by atoms with Crippen LogP contribution in [0.2, 0.25) is 0 Å². The van der Waals surface area contributed by atoms with E-state index in [1.54, 1.807) is 38.1 Å². The number of amides is 3. The number of aryl methyl sites for hydroxylation is 2. The molecule has 3 aliphatic rings. The van der Waals surface area contributed by atoms with Crippen molar-refractivity contribution in [1.29, 1.82) is 0 Å². The molecule has 0 bridgehead atoms. The number of rotatable bonds is 3. The highest BCUT2D eigenvalue weighted by atomic mass is 32.2. The predicted molar refractivity (Wildman–Crippen MR) is 127 cm³/mol. The molecule has 2 aromatic rings. The van der Waals surface area contributed by atoms with E-state index in [1.165, 1.54) is 22.3 Å². The van der Waals surface area contributed by atoms with Crippen LogP contribution in [0.25, 0.3) is 0 Å². The number of carbonyl (C=O) groups excluding carboxylic acids is 2. The Morgan fingerprint density at radius 1 is 1.12 bits per heavy atom. The molecule has 1 fully saturated rings. The number of hydrogen-bond acceptors (Lipinski definition) is 4. The zero-order valence-corrected chi connectivity index (χ0v) is 19.8. The van der Waals surface area contributed by atoms with E-state index in [4.69, 9.17) is 0 Å². The molecule has 3 N–H and O–H groups in total. The number of aliphatic hydroxyl groups is 1. The van der Waals surface area contributed by atoms with E-state index >= 15 is 0 Å². The first kappa shape index (κ1) is 22.1. The summed E-state index contributed by atoms with van der Waals surface area (Å²) in [5.41, 5.74) is 5.89. The highest BCUT2D eigenvalue weighted by Gasteiger charge is 2.38. The lowest BCUT2D eigenvalue weighted by Crippen LogP contribution is -2.25. The van der Waals surface area contributed by atoms with Crippen LogP contribution in [0.3, 0.4) is 0 Å². The van der Waals surface area contributed by atoms with Crippen molar-refractivity contribution in [2.75, 3.05) is 5.32 Å². The van der Waals surface area contributed by atoms with E-state index < -0.39 is 32.7 Å². The van der Waals surface area contributed by atoms with Crippen molar-refractivity contribution in [3.63, 3.8) is 0 Å². The molecule has 7 nitrogen and oxygen atoms in total. The fourth-order valence-electron chi connectivity index (χ4n) is 5.29. The zero-order chi connectivity index (χ0) is 23.4. The first-order valence-corrected chi connectivity index (χ1v) is 13.1. The molecule has 0 spiro atoms. The molecule has 2 aliphatic carbocycles. The maximum absolute atomic E-state index is 13.7. The molecule has 2 atom stereocenters. The Balaban J connectivity index is 1.49. The van der Waals surface area contributed by atoms with Crippen molar-refractivity contribution >= 4 is 27.5 Å². The molecule has 174 valence electrons. The van der Waals surface area contributed by atoms with Gasteiger partial charge in [0.15, 0.2) is 0 Å². The van der Waals surface area contributed by atoms with E-state index in [0.29, 0.717) is 11.1 Å². The molecule has 1 saturated heterocycles. The number of anilines is 1. The topological polar surface area (TPSA) is 108 Å². The lowest BCUT2D eigenvalue weighted by molar-refractivity contribution is -0.118. The highest BCUT2D eigenvalue weighted by molar-refractivity contribution is 7.93. The van der Waals surface area contributed by atoms with Crippen LogP contribution in [-0.4, -0.2) is 21.3 Å². The summed E-state index contributed by atoms with van der Waals surface area (Å²) in [6, 6.07) is 8.60. The third kappa shape index (κ3) is 4.06. The number of hydrogen-bond donors (Lipinski definition) is 3. The highest BCUT2D eigenvalue weighted by Crippen LogP contribution is 2.39. The van der Waals surface area contributed by atoms with Crippen LogP contribution in [0.5, 0.6) is 0 Å². The molecular formula is C25H29N3O4S. The molecule has 2 unspecified atom stereocenters. The van der Waals surface area contributed by atoms with Gasteiger partial charge in [-0.15, -0.1) is 4.36 Å². The number of carbonyl (C=O) groups is 2. The van der Waals surface area contributed by atoms with E-state index in [9.17, 15) is 18.9 Å². The summed E-state index contributed by atoms with van der Waals surface area (Å²) in [4.78, 5) is 25.3. The summed E-state index contributed by atoms with van der Waals surface area (Å²) in [6.07, 6.45) is 5.94. The summed E-state index contributed by atoms with van der Waals surface area (Å²) in [7, 11) is -3.37. The zero-order valence-electron chi connectivity index (χ0n) is 18.9. The molecule has 3 amide bonds. The Labute approximate surface area is 194 Å². The second-order valence-electron chi connectivity index (χ2n) is 9.73. The first-order valence-electron chi connectivity index (χ1n) is 11.5. The number of nitrogens with one attached hydrogen (secondary N) is 2. The molecule has 1 heterocycles. The van der Waals surface area contributed by atoms with Gasteiger partial charge in [0.2, 0.25) is 5.91 Å². The molecule has 1 aliphatic heterocycles. The number of urea groups is 1. The van der Waals surface area contributed by atoms with Crippen LogP contribution >= 0.6 is 0 Å². The smallest absolute Gasteiger partial charge is 0.355 e. The first-order chi connectivity index (χ1) is 15.6. The second-order valence-corrected chi connectivity index (χ2v) is 11.8. The minimum absolute atomic E-state index is 0.0267. The Kier molecular flexibility index (Phi) is 5.33. The van der Waals surface area contributed by atoms with Crippen LogP contribution in [0.4, 0.5) is 10.5 Å². The number of nitrogens with zero attached hydrogens (tertiary/aromatic N) is 1. The van der Waals surface area contributed by atoms with Gasteiger partial charge in [-0.2, -0.15) is 0 Å². The molecule has 5 rings (SSSR count). The van der Waals surface area contributed by atoms with Gasteiger partial charge in [-0.05, 0) is 85.8 Å². The van der Waals surface area contributed by atoms with Gasteiger partial charge in [-0.25, -0.2) is 9.00 Å². The van der Waals surface area contributed by atoms with Gasteiger partial charge in [0.05, 0.1) is 10.9 Å². The van der Waals surface area contributed by atoms with Gasteiger partial charge < -0.3 is 10.4 Å². The maximum atomic E-state index is 13.7. The standard InChI is InChI=1S/C25H29N3O4S/c1-25(2,31)18-9-3-8-17(13-18)21-14-22(29)27-33(21,32)28-24(30)26-23-19-10-4-6-15(19)12-16-7-5-11-20(16)23/h3,8-9,12-13,21,31H,4-7,10-11,14H2,1-2H3,(H2,26,27,28,29,30,32). The molecule has 2 aromatic carbocycles. The van der Waals surface area contributed by atoms with E-state index in [2.05, 4.69) is 20.5 Å². The number of benzene rings is 2. The van der Waals surface area contributed by atoms with Crippen molar-refractivity contribution in [3.8, 4) is 0 Å². The Hall–Kier alpha value is -2.71. The second kappa shape index (κ2) is 7.95. The van der Waals surface area contributed by atoms with Crippen molar-refractivity contribution in [3.05, 3.63) is 63.7 Å². The van der Waals surface area contributed by atoms with Gasteiger partial charge in [0.1, 0.15) is 9.92 Å². The van der Waals surface area contributed by atoms with Crippen molar-refractivity contribution in [2.45, 2.75) is 69.6 Å². The largest absolute Gasteiger partial charge is 0.386 e. The van der Waals surface area contributed by atoms with Crippen molar-refractivity contribution < 1.29 is 18.9 Å². The normalized spacial score (nSPS) is 23.7. The van der Waals surface area contributed by atoms with Crippen molar-refractivity contribution in [2.24, 2.45) is 4.36 Å². The summed E-state index contributed by atoms with van der Waals surface area (Å²) in [5.74, 6) is -0.406. The molecule has 33 heavy (non-hydrogen) atoms. The van der Waals surface area contributed by atoms with Crippen LogP contribution < -0.4 is 10.0 Å². The minimum atomic E-state index is -3.37. The van der Waals surface area contributed by atoms with Gasteiger partial charge in [0.25, 0.3) is 0 Å². The van der Waals surface area contributed by atoms with Gasteiger partial charge in [0, 0.05) is 12.1 Å². The fraction of sp³-hybridized carbons (Fsp3) is 0.440. The molecule has 0 radical (unpaired) electrons. The monoisotopic (exact) mass is 467 g/mol. The van der Waals surface area contributed by atoms with E-state index in [0.717, 1.165) is 44.2 Å². The third-order valence-corrected chi connectivity index (χ3v) is 9.07.